The molecule has 0 aliphatic carbocycles. The summed E-state index contributed by atoms with van der Waals surface area (Å²) in [6, 6.07) is 2.00. The fourth-order valence-electron chi connectivity index (χ4n) is 3.49. The number of rotatable bonds is 3. The van der Waals surface area contributed by atoms with Gasteiger partial charge in [0.15, 0.2) is 0 Å². The first-order valence-electron chi connectivity index (χ1n) is 7.65. The van der Waals surface area contributed by atoms with Gasteiger partial charge in [-0.3, -0.25) is 9.48 Å². The van der Waals surface area contributed by atoms with Crippen molar-refractivity contribution in [3.8, 4) is 0 Å². The summed E-state index contributed by atoms with van der Waals surface area (Å²) in [7, 11) is 1.72. The maximum Gasteiger partial charge on any atom is 0.272 e. The van der Waals surface area contributed by atoms with E-state index in [2.05, 4.69) is 5.10 Å². The average molecular weight is 293 g/mol. The lowest BCUT2D eigenvalue weighted by Crippen LogP contribution is -2.55. The zero-order valence-corrected chi connectivity index (χ0v) is 12.9. The van der Waals surface area contributed by atoms with Gasteiger partial charge in [0.1, 0.15) is 11.8 Å². The molecular formula is C15H23N3O3. The number of hydrogen-bond donors (Lipinski definition) is 0. The van der Waals surface area contributed by atoms with Gasteiger partial charge in [-0.1, -0.05) is 0 Å². The van der Waals surface area contributed by atoms with Crippen molar-refractivity contribution < 1.29 is 14.3 Å². The van der Waals surface area contributed by atoms with Gasteiger partial charge in [-0.05, 0) is 32.8 Å². The van der Waals surface area contributed by atoms with E-state index in [1.165, 1.54) is 0 Å². The summed E-state index contributed by atoms with van der Waals surface area (Å²) in [6.45, 7) is 6.04. The van der Waals surface area contributed by atoms with Crippen LogP contribution in [0.4, 0.5) is 0 Å². The normalized spacial score (nSPS) is 28.7. The number of likely N-dealkylation sites (tertiary alicyclic amines) is 1. The van der Waals surface area contributed by atoms with E-state index in [9.17, 15) is 4.79 Å². The fraction of sp³-hybridized carbons (Fsp3) is 0.733. The third-order valence-corrected chi connectivity index (χ3v) is 4.51. The summed E-state index contributed by atoms with van der Waals surface area (Å²) in [6.07, 6.45) is 1.81. The molecule has 2 aliphatic rings. The van der Waals surface area contributed by atoms with Crippen molar-refractivity contribution in [3.05, 3.63) is 17.5 Å². The molecule has 3 heterocycles. The number of methoxy groups -OCH3 is 1. The molecule has 21 heavy (non-hydrogen) atoms. The van der Waals surface area contributed by atoms with Gasteiger partial charge in [0, 0.05) is 26.8 Å². The number of hydrogen-bond acceptors (Lipinski definition) is 4. The summed E-state index contributed by atoms with van der Waals surface area (Å²) < 4.78 is 13.1. The van der Waals surface area contributed by atoms with Crippen LogP contribution < -0.4 is 0 Å². The van der Waals surface area contributed by atoms with Crippen molar-refractivity contribution in [1.29, 1.82) is 0 Å². The smallest absolute Gasteiger partial charge is 0.272 e. The van der Waals surface area contributed by atoms with Gasteiger partial charge in [-0.2, -0.15) is 5.10 Å². The summed E-state index contributed by atoms with van der Waals surface area (Å²) in [5, 5.41) is 4.37. The summed E-state index contributed by atoms with van der Waals surface area (Å²) in [5.41, 5.74) is 1.56. The first-order valence-corrected chi connectivity index (χ1v) is 7.65. The predicted octanol–water partition coefficient (Wildman–Crippen LogP) is 1.23. The van der Waals surface area contributed by atoms with Crippen molar-refractivity contribution in [1.82, 2.24) is 14.7 Å². The lowest BCUT2D eigenvalue weighted by atomic mass is 9.95. The topological polar surface area (TPSA) is 56.6 Å². The molecule has 0 aromatic carbocycles. The molecule has 0 bridgehead atoms. The van der Waals surface area contributed by atoms with Gasteiger partial charge in [0.2, 0.25) is 0 Å². The Balaban J connectivity index is 1.84. The van der Waals surface area contributed by atoms with Gasteiger partial charge >= 0.3 is 0 Å². The molecule has 1 amide bonds. The summed E-state index contributed by atoms with van der Waals surface area (Å²) in [4.78, 5) is 14.9. The fourth-order valence-corrected chi connectivity index (χ4v) is 3.49. The maximum atomic E-state index is 12.9. The molecule has 1 aromatic heterocycles. The van der Waals surface area contributed by atoms with Crippen LogP contribution in [0.5, 0.6) is 0 Å². The number of carbonyl (C=O) groups is 1. The highest BCUT2D eigenvalue weighted by Crippen LogP contribution is 2.31. The first-order chi connectivity index (χ1) is 10.2. The first kappa shape index (κ1) is 14.5. The Hall–Kier alpha value is -1.40. The van der Waals surface area contributed by atoms with E-state index >= 15 is 0 Å². The van der Waals surface area contributed by atoms with Crippen LogP contribution in [0.2, 0.25) is 0 Å². The van der Waals surface area contributed by atoms with E-state index in [1.807, 2.05) is 24.8 Å². The second-order valence-corrected chi connectivity index (χ2v) is 5.74. The Kier molecular flexibility index (Phi) is 3.99. The summed E-state index contributed by atoms with van der Waals surface area (Å²) >= 11 is 0. The molecule has 2 fully saturated rings. The van der Waals surface area contributed by atoms with Crippen LogP contribution in [0.3, 0.4) is 0 Å². The number of aromatic nitrogens is 2. The predicted molar refractivity (Wildman–Crippen MR) is 77.2 cm³/mol. The molecule has 6 nitrogen and oxygen atoms in total. The van der Waals surface area contributed by atoms with Gasteiger partial charge in [0.25, 0.3) is 5.91 Å². The minimum atomic E-state index is 0.00629. The molecule has 3 atom stereocenters. The van der Waals surface area contributed by atoms with Crippen molar-refractivity contribution in [2.75, 3.05) is 20.3 Å². The van der Waals surface area contributed by atoms with Crippen molar-refractivity contribution in [2.24, 2.45) is 0 Å². The van der Waals surface area contributed by atoms with E-state index in [0.29, 0.717) is 18.8 Å². The van der Waals surface area contributed by atoms with Gasteiger partial charge in [0.05, 0.1) is 17.8 Å². The molecule has 2 saturated heterocycles. The van der Waals surface area contributed by atoms with Crippen LogP contribution in [0, 0.1) is 6.92 Å². The molecule has 1 aromatic rings. The molecule has 0 radical (unpaired) electrons. The third-order valence-electron chi connectivity index (χ3n) is 4.51. The number of nitrogens with zero attached hydrogens (tertiary/aromatic N) is 3. The van der Waals surface area contributed by atoms with Crippen LogP contribution in [-0.2, 0) is 16.0 Å². The monoisotopic (exact) mass is 293 g/mol. The Bertz CT molecular complexity index is 528. The van der Waals surface area contributed by atoms with Crippen LogP contribution in [0.25, 0.3) is 0 Å². The Morgan fingerprint density at radius 3 is 3.05 bits per heavy atom. The van der Waals surface area contributed by atoms with E-state index in [1.54, 1.807) is 11.8 Å². The van der Waals surface area contributed by atoms with Crippen molar-refractivity contribution in [2.45, 2.75) is 51.5 Å². The van der Waals surface area contributed by atoms with E-state index in [-0.39, 0.29) is 24.2 Å². The maximum absolute atomic E-state index is 12.9. The van der Waals surface area contributed by atoms with Crippen LogP contribution in [0.15, 0.2) is 6.07 Å². The van der Waals surface area contributed by atoms with Crippen LogP contribution >= 0.6 is 0 Å². The Labute approximate surface area is 125 Å². The number of ether oxygens (including phenoxy) is 2. The number of amides is 1. The van der Waals surface area contributed by atoms with E-state index in [0.717, 1.165) is 25.1 Å². The third kappa shape index (κ3) is 2.46. The average Bonchev–Trinajstić information content (AvgIpc) is 3.11. The van der Waals surface area contributed by atoms with Crippen LogP contribution in [0.1, 0.15) is 35.9 Å². The number of piperidine rings is 1. The minimum Gasteiger partial charge on any atom is -0.379 e. The highest BCUT2D eigenvalue weighted by Gasteiger charge is 2.44. The lowest BCUT2D eigenvalue weighted by molar-refractivity contribution is -0.0755. The Morgan fingerprint density at radius 1 is 1.52 bits per heavy atom. The zero-order valence-electron chi connectivity index (χ0n) is 12.9. The largest absolute Gasteiger partial charge is 0.379 e. The second-order valence-electron chi connectivity index (χ2n) is 5.74. The quantitative estimate of drug-likeness (QED) is 0.841. The minimum absolute atomic E-state index is 0.00629. The molecule has 116 valence electrons. The molecule has 6 heteroatoms. The number of aryl methyl sites for hydroxylation is 2. The highest BCUT2D eigenvalue weighted by atomic mass is 16.5. The highest BCUT2D eigenvalue weighted by molar-refractivity contribution is 5.93. The van der Waals surface area contributed by atoms with Crippen molar-refractivity contribution in [3.63, 3.8) is 0 Å². The molecule has 0 saturated carbocycles. The van der Waals surface area contributed by atoms with Gasteiger partial charge < -0.3 is 14.4 Å². The molecule has 0 unspecified atom stereocenters. The summed E-state index contributed by atoms with van der Waals surface area (Å²) in [5.74, 6) is 0.0625. The molecule has 0 spiro atoms. The van der Waals surface area contributed by atoms with Gasteiger partial charge in [-0.15, -0.1) is 0 Å². The molecule has 3 rings (SSSR count). The molecule has 2 aliphatic heterocycles. The number of carbonyl (C=O) groups excluding carboxylic acids is 1. The Morgan fingerprint density at radius 2 is 2.33 bits per heavy atom. The van der Waals surface area contributed by atoms with Crippen LogP contribution in [-0.4, -0.2) is 59.1 Å². The van der Waals surface area contributed by atoms with Crippen molar-refractivity contribution >= 4 is 5.91 Å². The zero-order chi connectivity index (χ0) is 15.0. The number of fused-ring (bicyclic) bond motifs is 1. The molecule has 0 N–H and O–H groups in total. The lowest BCUT2D eigenvalue weighted by Gasteiger charge is -2.40. The molecular weight excluding hydrogens is 270 g/mol. The van der Waals surface area contributed by atoms with E-state index in [4.69, 9.17) is 9.47 Å². The standard InChI is InChI=1S/C15H23N3O3/c1-4-18-12(9-10(2)16-18)15(19)17-7-5-13(20-3)14-11(17)6-8-21-14/h9,11,13-14H,4-8H2,1-3H3/t11-,13-,14-/m0/s1. The van der Waals surface area contributed by atoms with E-state index < -0.39 is 0 Å². The SMILES string of the molecule is CCn1nc(C)cc1C(=O)N1CC[C@H](OC)[C@H]2OCC[C@@H]21. The second kappa shape index (κ2) is 5.77. The van der Waals surface area contributed by atoms with Gasteiger partial charge in [-0.25, -0.2) is 0 Å².